The maximum absolute atomic E-state index is 12.1. The van der Waals surface area contributed by atoms with Gasteiger partial charge in [0.25, 0.3) is 0 Å². The summed E-state index contributed by atoms with van der Waals surface area (Å²) in [7, 11) is 0. The summed E-state index contributed by atoms with van der Waals surface area (Å²) in [6.45, 7) is 2.01. The zero-order valence-corrected chi connectivity index (χ0v) is 15.5. The van der Waals surface area contributed by atoms with E-state index in [1.807, 2.05) is 37.3 Å². The van der Waals surface area contributed by atoms with E-state index in [4.69, 9.17) is 11.1 Å². The van der Waals surface area contributed by atoms with Crippen LogP contribution in [0.3, 0.4) is 0 Å². The Balaban J connectivity index is 1.55. The van der Waals surface area contributed by atoms with Gasteiger partial charge in [0.15, 0.2) is 5.82 Å². The first-order chi connectivity index (χ1) is 13.1. The lowest BCUT2D eigenvalue weighted by atomic mass is 10.1. The van der Waals surface area contributed by atoms with E-state index in [-0.39, 0.29) is 12.3 Å². The van der Waals surface area contributed by atoms with Crippen molar-refractivity contribution in [2.45, 2.75) is 18.5 Å². The molecule has 136 valence electrons. The minimum Gasteiger partial charge on any atom is -0.335 e. The monoisotopic (exact) mass is 378 g/mol. The highest BCUT2D eigenvalue weighted by Crippen LogP contribution is 2.22. The van der Waals surface area contributed by atoms with Gasteiger partial charge >= 0.3 is 0 Å². The van der Waals surface area contributed by atoms with Gasteiger partial charge in [0.05, 0.1) is 11.6 Å². The molecule has 0 radical (unpaired) electrons. The van der Waals surface area contributed by atoms with E-state index in [0.29, 0.717) is 28.0 Å². The van der Waals surface area contributed by atoms with Gasteiger partial charge in [-0.25, -0.2) is 4.68 Å². The molecule has 8 heteroatoms. The van der Waals surface area contributed by atoms with Crippen molar-refractivity contribution in [2.75, 3.05) is 16.9 Å². The molecular formula is C19H18N6OS. The maximum atomic E-state index is 12.1. The molecular weight excluding hydrogens is 360 g/mol. The number of nitrogens with zero attached hydrogens (tertiary/aromatic N) is 4. The SMILES string of the molecule is Cc1ccc(-c2nnc(SCCC(=O)Nc3cccc(C#N)c3)n2N)cc1. The van der Waals surface area contributed by atoms with Crippen LogP contribution in [-0.2, 0) is 4.79 Å². The lowest BCUT2D eigenvalue weighted by Crippen LogP contribution is -2.14. The number of benzene rings is 2. The normalized spacial score (nSPS) is 10.4. The van der Waals surface area contributed by atoms with E-state index in [9.17, 15) is 4.79 Å². The summed E-state index contributed by atoms with van der Waals surface area (Å²) in [4.78, 5) is 12.1. The van der Waals surface area contributed by atoms with Crippen molar-refractivity contribution >= 4 is 23.4 Å². The second kappa shape index (κ2) is 8.38. The van der Waals surface area contributed by atoms with Gasteiger partial charge in [-0.3, -0.25) is 4.79 Å². The first-order valence-electron chi connectivity index (χ1n) is 8.27. The van der Waals surface area contributed by atoms with Crippen LogP contribution in [0.5, 0.6) is 0 Å². The van der Waals surface area contributed by atoms with Crippen molar-refractivity contribution in [3.63, 3.8) is 0 Å². The summed E-state index contributed by atoms with van der Waals surface area (Å²) >= 11 is 1.36. The third-order valence-corrected chi connectivity index (χ3v) is 4.75. The van der Waals surface area contributed by atoms with Crippen molar-refractivity contribution in [3.8, 4) is 17.5 Å². The van der Waals surface area contributed by atoms with Crippen LogP contribution >= 0.6 is 11.8 Å². The van der Waals surface area contributed by atoms with Crippen molar-refractivity contribution in [1.82, 2.24) is 14.9 Å². The molecule has 0 saturated heterocycles. The standard InChI is InChI=1S/C19H18N6OS/c1-13-5-7-15(8-6-13)18-23-24-19(25(18)21)27-10-9-17(26)22-16-4-2-3-14(11-16)12-20/h2-8,11H,9-10,21H2,1H3,(H,22,26). The zero-order chi connectivity index (χ0) is 19.2. The predicted octanol–water partition coefficient (Wildman–Crippen LogP) is 2.96. The molecule has 0 aliphatic heterocycles. The Hall–Kier alpha value is -3.31. The summed E-state index contributed by atoms with van der Waals surface area (Å²) in [5.41, 5.74) is 3.15. The number of carbonyl (C=O) groups excluding carboxylic acids is 1. The van der Waals surface area contributed by atoms with Crippen LogP contribution in [0.2, 0.25) is 0 Å². The molecule has 0 unspecified atom stereocenters. The van der Waals surface area contributed by atoms with E-state index in [0.717, 1.165) is 11.1 Å². The fourth-order valence-electron chi connectivity index (χ4n) is 2.40. The van der Waals surface area contributed by atoms with Crippen LogP contribution in [0.15, 0.2) is 53.7 Å². The van der Waals surface area contributed by atoms with Gasteiger partial charge in [0.1, 0.15) is 0 Å². The third kappa shape index (κ3) is 4.65. The number of amides is 1. The highest BCUT2D eigenvalue weighted by Gasteiger charge is 2.13. The van der Waals surface area contributed by atoms with Gasteiger partial charge in [0.2, 0.25) is 11.1 Å². The van der Waals surface area contributed by atoms with Gasteiger partial charge in [-0.15, -0.1) is 10.2 Å². The lowest BCUT2D eigenvalue weighted by molar-refractivity contribution is -0.115. The number of nitrogen functional groups attached to an aromatic ring is 1. The maximum Gasteiger partial charge on any atom is 0.225 e. The van der Waals surface area contributed by atoms with Crippen LogP contribution in [0.1, 0.15) is 17.5 Å². The number of aryl methyl sites for hydroxylation is 1. The molecule has 0 fully saturated rings. The molecule has 3 N–H and O–H groups in total. The first-order valence-corrected chi connectivity index (χ1v) is 9.26. The van der Waals surface area contributed by atoms with Gasteiger partial charge in [-0.1, -0.05) is 47.7 Å². The Morgan fingerprint density at radius 1 is 1.26 bits per heavy atom. The Labute approximate surface area is 161 Å². The third-order valence-electron chi connectivity index (χ3n) is 3.81. The van der Waals surface area contributed by atoms with Crippen molar-refractivity contribution in [2.24, 2.45) is 0 Å². The Morgan fingerprint density at radius 2 is 2.04 bits per heavy atom. The Kier molecular flexibility index (Phi) is 5.74. The van der Waals surface area contributed by atoms with Crippen molar-refractivity contribution in [1.29, 1.82) is 5.26 Å². The molecule has 3 aromatic rings. The molecule has 1 amide bonds. The molecule has 27 heavy (non-hydrogen) atoms. The highest BCUT2D eigenvalue weighted by molar-refractivity contribution is 7.99. The fraction of sp³-hybridized carbons (Fsp3) is 0.158. The Bertz CT molecular complexity index is 990. The van der Waals surface area contributed by atoms with Crippen LogP contribution in [0.4, 0.5) is 5.69 Å². The number of nitriles is 1. The number of hydrogen-bond donors (Lipinski definition) is 2. The minimum absolute atomic E-state index is 0.139. The second-order valence-corrected chi connectivity index (χ2v) is 6.94. The van der Waals surface area contributed by atoms with Crippen LogP contribution < -0.4 is 11.2 Å². The highest BCUT2D eigenvalue weighted by atomic mass is 32.2. The number of hydrogen-bond acceptors (Lipinski definition) is 6. The van der Waals surface area contributed by atoms with Crippen LogP contribution in [0.25, 0.3) is 11.4 Å². The largest absolute Gasteiger partial charge is 0.335 e. The van der Waals surface area contributed by atoms with Gasteiger partial charge < -0.3 is 11.2 Å². The summed E-state index contributed by atoms with van der Waals surface area (Å²) in [6.07, 6.45) is 0.286. The van der Waals surface area contributed by atoms with E-state index in [2.05, 4.69) is 15.5 Å². The number of nitrogens with one attached hydrogen (secondary N) is 1. The molecule has 0 spiro atoms. The number of aromatic nitrogens is 3. The second-order valence-electron chi connectivity index (χ2n) is 5.88. The van der Waals surface area contributed by atoms with Gasteiger partial charge in [0, 0.05) is 23.4 Å². The molecule has 0 saturated carbocycles. The van der Waals surface area contributed by atoms with E-state index < -0.39 is 0 Å². The average molecular weight is 378 g/mol. The van der Waals surface area contributed by atoms with Crippen molar-refractivity contribution < 1.29 is 4.79 Å². The minimum atomic E-state index is -0.139. The van der Waals surface area contributed by atoms with Crippen molar-refractivity contribution in [3.05, 3.63) is 59.7 Å². The Morgan fingerprint density at radius 3 is 2.78 bits per heavy atom. The van der Waals surface area contributed by atoms with E-state index in [1.165, 1.54) is 16.4 Å². The number of rotatable bonds is 6. The molecule has 3 rings (SSSR count). The number of thioether (sulfide) groups is 1. The average Bonchev–Trinajstić information content (AvgIpc) is 3.03. The molecule has 0 aliphatic rings. The quantitative estimate of drug-likeness (QED) is 0.504. The molecule has 0 bridgehead atoms. The van der Waals surface area contributed by atoms with Gasteiger partial charge in [-0.05, 0) is 25.1 Å². The van der Waals surface area contributed by atoms with E-state index >= 15 is 0 Å². The predicted molar refractivity (Wildman–Crippen MR) is 105 cm³/mol. The summed E-state index contributed by atoms with van der Waals surface area (Å²) < 4.78 is 1.43. The lowest BCUT2D eigenvalue weighted by Gasteiger charge is -2.06. The number of anilines is 1. The van der Waals surface area contributed by atoms with Crippen LogP contribution in [-0.4, -0.2) is 26.5 Å². The molecule has 1 aromatic heterocycles. The zero-order valence-electron chi connectivity index (χ0n) is 14.7. The molecule has 0 atom stereocenters. The fourth-order valence-corrected chi connectivity index (χ4v) is 3.19. The molecule has 1 heterocycles. The topological polar surface area (TPSA) is 110 Å². The molecule has 7 nitrogen and oxygen atoms in total. The van der Waals surface area contributed by atoms with E-state index in [1.54, 1.807) is 24.3 Å². The smallest absolute Gasteiger partial charge is 0.225 e. The number of nitrogens with two attached hydrogens (primary N) is 1. The summed E-state index contributed by atoms with van der Waals surface area (Å²) in [6, 6.07) is 16.7. The molecule has 2 aromatic carbocycles. The first kappa shape index (κ1) is 18.5. The van der Waals surface area contributed by atoms with Crippen LogP contribution in [0, 0.1) is 18.3 Å². The summed E-state index contributed by atoms with van der Waals surface area (Å²) in [5, 5.41) is 20.5. The number of carbonyl (C=O) groups is 1. The summed E-state index contributed by atoms with van der Waals surface area (Å²) in [5.74, 6) is 7.03. The molecule has 0 aliphatic carbocycles. The van der Waals surface area contributed by atoms with Gasteiger partial charge in [-0.2, -0.15) is 5.26 Å².